The first kappa shape index (κ1) is 35.1. The molecular formula is C29H28BrCl2F4N5O3. The van der Waals surface area contributed by atoms with E-state index in [1.165, 1.54) is 0 Å². The van der Waals surface area contributed by atoms with Gasteiger partial charge < -0.3 is 4.74 Å². The third-order valence-electron chi connectivity index (χ3n) is 6.10. The van der Waals surface area contributed by atoms with Crippen molar-refractivity contribution in [3.8, 4) is 11.3 Å². The number of hydrogen-bond acceptors (Lipinski definition) is 5. The second-order valence-electron chi connectivity index (χ2n) is 9.78. The Morgan fingerprint density at radius 1 is 1.14 bits per heavy atom. The number of nitrogens with zero attached hydrogens (tertiary/aromatic N) is 5. The second-order valence-corrected chi connectivity index (χ2v) is 11.2. The summed E-state index contributed by atoms with van der Waals surface area (Å²) in [5.74, 6) is -1.91. The molecule has 8 nitrogen and oxygen atoms in total. The second kappa shape index (κ2) is 14.6. The summed E-state index contributed by atoms with van der Waals surface area (Å²) >= 11 is 14.4. The van der Waals surface area contributed by atoms with Crippen molar-refractivity contribution < 1.29 is 31.9 Å². The number of rotatable bonds is 7. The number of aromatic nitrogens is 4. The largest absolute Gasteiger partial charge is 0.459 e. The van der Waals surface area contributed by atoms with Crippen LogP contribution in [0.1, 0.15) is 41.0 Å². The molecule has 0 fully saturated rings. The van der Waals surface area contributed by atoms with Gasteiger partial charge in [0.05, 0.1) is 26.9 Å². The maximum absolute atomic E-state index is 14.3. The van der Waals surface area contributed by atoms with Crippen LogP contribution in [0, 0.1) is 19.7 Å². The van der Waals surface area contributed by atoms with Gasteiger partial charge in [-0.3, -0.25) is 19.1 Å². The van der Waals surface area contributed by atoms with Gasteiger partial charge >= 0.3 is 12.1 Å². The van der Waals surface area contributed by atoms with Gasteiger partial charge in [0, 0.05) is 25.0 Å². The average molecular weight is 721 g/mol. The van der Waals surface area contributed by atoms with Gasteiger partial charge in [-0.25, -0.2) is 9.18 Å². The summed E-state index contributed by atoms with van der Waals surface area (Å²) in [5, 5.41) is 7.64. The molecule has 0 atom stereocenters. The summed E-state index contributed by atoms with van der Waals surface area (Å²) in [6.45, 7) is 7.56. The quantitative estimate of drug-likeness (QED) is 0.110. The van der Waals surface area contributed by atoms with E-state index in [1.807, 2.05) is 44.3 Å². The van der Waals surface area contributed by atoms with Gasteiger partial charge in [0.15, 0.2) is 5.69 Å². The first-order valence-corrected chi connectivity index (χ1v) is 14.7. The van der Waals surface area contributed by atoms with Crippen molar-refractivity contribution in [2.45, 2.75) is 46.6 Å². The molecule has 0 bridgehead atoms. The molecule has 44 heavy (non-hydrogen) atoms. The standard InChI is InChI=1S/C15H12BrClF4N2O2.C14H16ClN3O/c1-6(2)25-14(24)7-4-8(10(18)5-9(7)17)12-11(16)13(15(19,20)21)23(3)22-12;1-11-5-3-6-12(2)14(11)18(13(19)9-15)10-17-8-4-7-16-17/h4-6H,1-3H3;3-8H,9-10H2,1-2H3. The lowest BCUT2D eigenvalue weighted by molar-refractivity contribution is -0.144. The molecule has 0 N–H and O–H groups in total. The van der Waals surface area contributed by atoms with Crippen molar-refractivity contribution in [2.24, 2.45) is 7.05 Å². The van der Waals surface area contributed by atoms with Gasteiger partial charge in [-0.15, -0.1) is 11.6 Å². The molecule has 2 aromatic carbocycles. The number of hydrogen-bond donors (Lipinski definition) is 0. The predicted molar refractivity (Wildman–Crippen MR) is 163 cm³/mol. The van der Waals surface area contributed by atoms with Crippen molar-refractivity contribution in [3.05, 3.63) is 86.5 Å². The van der Waals surface area contributed by atoms with Gasteiger partial charge in [0.2, 0.25) is 5.91 Å². The van der Waals surface area contributed by atoms with E-state index in [4.69, 9.17) is 27.9 Å². The Balaban J connectivity index is 0.000000249. The van der Waals surface area contributed by atoms with Gasteiger partial charge in [-0.1, -0.05) is 29.8 Å². The summed E-state index contributed by atoms with van der Waals surface area (Å²) in [4.78, 5) is 25.8. The van der Waals surface area contributed by atoms with Crippen molar-refractivity contribution in [1.29, 1.82) is 0 Å². The van der Waals surface area contributed by atoms with Crippen LogP contribution in [0.15, 0.2) is 53.3 Å². The Morgan fingerprint density at radius 2 is 1.77 bits per heavy atom. The van der Waals surface area contributed by atoms with Gasteiger partial charge in [-0.05, 0) is 73.0 Å². The Morgan fingerprint density at radius 3 is 2.27 bits per heavy atom. The zero-order valence-corrected chi connectivity index (χ0v) is 27.3. The fourth-order valence-corrected chi connectivity index (χ4v) is 5.40. The molecule has 2 aromatic heterocycles. The number of carbonyl (C=O) groups is 2. The first-order chi connectivity index (χ1) is 20.6. The topological polar surface area (TPSA) is 82.2 Å². The maximum Gasteiger partial charge on any atom is 0.434 e. The molecule has 236 valence electrons. The van der Waals surface area contributed by atoms with E-state index in [9.17, 15) is 27.2 Å². The molecule has 0 aliphatic heterocycles. The molecule has 1 amide bonds. The van der Waals surface area contributed by atoms with Crippen LogP contribution in [0.4, 0.5) is 23.2 Å². The lowest BCUT2D eigenvalue weighted by Crippen LogP contribution is -2.35. The van der Waals surface area contributed by atoms with Gasteiger partial charge in [0.25, 0.3) is 0 Å². The minimum Gasteiger partial charge on any atom is -0.459 e. The molecular weight excluding hydrogens is 693 g/mol. The van der Waals surface area contributed by atoms with Crippen LogP contribution in [0.3, 0.4) is 0 Å². The van der Waals surface area contributed by atoms with Crippen LogP contribution >= 0.6 is 39.1 Å². The third kappa shape index (κ3) is 8.19. The summed E-state index contributed by atoms with van der Waals surface area (Å²) < 4.78 is 60.3. The monoisotopic (exact) mass is 719 g/mol. The number of anilines is 1. The van der Waals surface area contributed by atoms with E-state index in [-0.39, 0.29) is 33.6 Å². The zero-order chi connectivity index (χ0) is 32.9. The van der Waals surface area contributed by atoms with Crippen LogP contribution in [0.5, 0.6) is 0 Å². The van der Waals surface area contributed by atoms with Crippen LogP contribution in [-0.4, -0.2) is 43.4 Å². The highest BCUT2D eigenvalue weighted by molar-refractivity contribution is 9.10. The average Bonchev–Trinajstić information content (AvgIpc) is 3.54. The summed E-state index contributed by atoms with van der Waals surface area (Å²) in [5.41, 5.74) is 1.14. The van der Waals surface area contributed by atoms with Crippen molar-refractivity contribution in [2.75, 3.05) is 10.8 Å². The Hall–Kier alpha value is -3.42. The van der Waals surface area contributed by atoms with Crippen LogP contribution in [0.2, 0.25) is 5.02 Å². The number of esters is 1. The highest BCUT2D eigenvalue weighted by Crippen LogP contribution is 2.41. The molecule has 4 rings (SSSR count). The number of para-hydroxylation sites is 1. The Bertz CT molecular complexity index is 1620. The molecule has 0 spiro atoms. The van der Waals surface area contributed by atoms with Crippen LogP contribution < -0.4 is 4.90 Å². The SMILES string of the molecule is CC(C)OC(=O)c1cc(-c2nn(C)c(C(F)(F)F)c2Br)c(F)cc1Cl.Cc1cccc(C)c1N(Cn1cccn1)C(=O)CCl. The number of alkyl halides is 4. The summed E-state index contributed by atoms with van der Waals surface area (Å²) in [6, 6.07) is 9.64. The molecule has 15 heteroatoms. The number of halogens is 7. The van der Waals surface area contributed by atoms with Crippen molar-refractivity contribution >= 4 is 56.7 Å². The molecule has 0 aliphatic carbocycles. The molecule has 0 saturated carbocycles. The zero-order valence-electron chi connectivity index (χ0n) is 24.2. The lowest BCUT2D eigenvalue weighted by Gasteiger charge is -2.25. The highest BCUT2D eigenvalue weighted by Gasteiger charge is 2.39. The maximum atomic E-state index is 14.3. The van der Waals surface area contributed by atoms with Gasteiger partial charge in [0.1, 0.15) is 24.1 Å². The molecule has 0 unspecified atom stereocenters. The molecule has 2 heterocycles. The highest BCUT2D eigenvalue weighted by atomic mass is 79.9. The van der Waals surface area contributed by atoms with E-state index in [1.54, 1.807) is 29.6 Å². The number of aryl methyl sites for hydroxylation is 3. The summed E-state index contributed by atoms with van der Waals surface area (Å²) in [6.07, 6.45) is -1.63. The fraction of sp³-hybridized carbons (Fsp3) is 0.310. The Labute approximate surface area is 269 Å². The number of ether oxygens (including phenoxy) is 1. The van der Waals surface area contributed by atoms with Crippen LogP contribution in [-0.2, 0) is 29.4 Å². The van der Waals surface area contributed by atoms with E-state index in [0.29, 0.717) is 11.4 Å². The van der Waals surface area contributed by atoms with E-state index < -0.39 is 34.2 Å². The van der Waals surface area contributed by atoms with E-state index in [0.717, 1.165) is 36.0 Å². The smallest absolute Gasteiger partial charge is 0.434 e. The van der Waals surface area contributed by atoms with Crippen molar-refractivity contribution in [3.63, 3.8) is 0 Å². The number of amides is 1. The van der Waals surface area contributed by atoms with Crippen LogP contribution in [0.25, 0.3) is 11.3 Å². The lowest BCUT2D eigenvalue weighted by atomic mass is 10.1. The molecule has 0 saturated heterocycles. The Kier molecular flexibility index (Phi) is 11.6. The minimum atomic E-state index is -4.69. The fourth-order valence-electron chi connectivity index (χ4n) is 4.25. The minimum absolute atomic E-state index is 0.0466. The van der Waals surface area contributed by atoms with Gasteiger partial charge in [-0.2, -0.15) is 23.4 Å². The molecule has 4 aromatic rings. The number of benzene rings is 2. The van der Waals surface area contributed by atoms with Crippen molar-refractivity contribution in [1.82, 2.24) is 19.6 Å². The molecule has 0 aliphatic rings. The first-order valence-electron chi connectivity index (χ1n) is 13.0. The predicted octanol–water partition coefficient (Wildman–Crippen LogP) is 7.96. The third-order valence-corrected chi connectivity index (χ3v) is 7.40. The summed E-state index contributed by atoms with van der Waals surface area (Å²) in [7, 11) is 1.08. The molecule has 0 radical (unpaired) electrons. The normalized spacial score (nSPS) is 11.3. The van der Waals surface area contributed by atoms with E-state index >= 15 is 0 Å². The van der Waals surface area contributed by atoms with E-state index in [2.05, 4.69) is 26.1 Å². The number of carbonyl (C=O) groups excluding carboxylic acids is 2.